The highest BCUT2D eigenvalue weighted by Crippen LogP contribution is 2.13. The van der Waals surface area contributed by atoms with Crippen LogP contribution in [0, 0.1) is 5.92 Å². The predicted molar refractivity (Wildman–Crippen MR) is 63.9 cm³/mol. The van der Waals surface area contributed by atoms with Crippen molar-refractivity contribution in [1.29, 1.82) is 0 Å². The molecule has 0 aliphatic rings. The molecule has 0 aliphatic carbocycles. The first-order valence-corrected chi connectivity index (χ1v) is 5.77. The van der Waals surface area contributed by atoms with Gasteiger partial charge in [-0.1, -0.05) is 13.8 Å². The molecule has 17 heavy (non-hydrogen) atoms. The molecule has 0 saturated carbocycles. The van der Waals surface area contributed by atoms with E-state index in [4.69, 9.17) is 9.84 Å². The fourth-order valence-electron chi connectivity index (χ4n) is 1.77. The third kappa shape index (κ3) is 3.85. The van der Waals surface area contributed by atoms with Gasteiger partial charge >= 0.3 is 5.97 Å². The summed E-state index contributed by atoms with van der Waals surface area (Å²) in [5.41, 5.74) is 0.817. The fourth-order valence-corrected chi connectivity index (χ4v) is 1.77. The molecule has 5 nitrogen and oxygen atoms in total. The van der Waals surface area contributed by atoms with Crippen molar-refractivity contribution in [3.63, 3.8) is 0 Å². The number of aromatic carboxylic acids is 1. The summed E-state index contributed by atoms with van der Waals surface area (Å²) in [5, 5.41) is 12.9. The summed E-state index contributed by atoms with van der Waals surface area (Å²) in [7, 11) is 1.72. The maximum absolute atomic E-state index is 10.9. The summed E-state index contributed by atoms with van der Waals surface area (Å²) in [6.07, 6.45) is 2.43. The largest absolute Gasteiger partial charge is 0.478 e. The highest BCUT2D eigenvalue weighted by molar-refractivity contribution is 5.88. The summed E-state index contributed by atoms with van der Waals surface area (Å²) in [4.78, 5) is 10.9. The van der Waals surface area contributed by atoms with Crippen molar-refractivity contribution < 1.29 is 14.6 Å². The van der Waals surface area contributed by atoms with E-state index in [2.05, 4.69) is 18.9 Å². The lowest BCUT2D eigenvalue weighted by atomic mass is 10.1. The molecule has 0 bridgehead atoms. The third-order valence-corrected chi connectivity index (χ3v) is 2.60. The van der Waals surface area contributed by atoms with Gasteiger partial charge in [0.15, 0.2) is 0 Å². The van der Waals surface area contributed by atoms with Gasteiger partial charge in [-0.3, -0.25) is 4.68 Å². The summed E-state index contributed by atoms with van der Waals surface area (Å²) < 4.78 is 7.19. The van der Waals surface area contributed by atoms with E-state index in [1.807, 2.05) is 6.92 Å². The Bertz CT molecular complexity index is 385. The van der Waals surface area contributed by atoms with Gasteiger partial charge in [0.05, 0.1) is 24.6 Å². The van der Waals surface area contributed by atoms with Crippen LogP contribution in [0.4, 0.5) is 0 Å². The minimum absolute atomic E-state index is 0.117. The van der Waals surface area contributed by atoms with Crippen molar-refractivity contribution in [2.45, 2.75) is 39.9 Å². The number of rotatable bonds is 6. The number of hydrogen-bond donors (Lipinski definition) is 1. The van der Waals surface area contributed by atoms with Gasteiger partial charge in [0, 0.05) is 7.05 Å². The number of hydrogen-bond acceptors (Lipinski definition) is 3. The Hall–Kier alpha value is -1.36. The Kier molecular flexibility index (Phi) is 4.69. The molecule has 1 unspecified atom stereocenters. The second kappa shape index (κ2) is 5.82. The number of carbonyl (C=O) groups is 1. The average molecular weight is 240 g/mol. The molecule has 1 atom stereocenters. The fraction of sp³-hybridized carbons (Fsp3) is 0.667. The molecule has 1 N–H and O–H groups in total. The summed E-state index contributed by atoms with van der Waals surface area (Å²) in [5.74, 6) is -0.399. The average Bonchev–Trinajstić information content (AvgIpc) is 2.55. The normalized spacial score (nSPS) is 13.0. The van der Waals surface area contributed by atoms with Crippen LogP contribution in [0.2, 0.25) is 0 Å². The topological polar surface area (TPSA) is 64.3 Å². The van der Waals surface area contributed by atoms with Crippen LogP contribution in [0.15, 0.2) is 6.20 Å². The Morgan fingerprint density at radius 3 is 2.71 bits per heavy atom. The number of nitrogens with zero attached hydrogens (tertiary/aromatic N) is 2. The van der Waals surface area contributed by atoms with E-state index in [0.29, 0.717) is 11.6 Å². The zero-order valence-electron chi connectivity index (χ0n) is 10.8. The molecule has 0 fully saturated rings. The highest BCUT2D eigenvalue weighted by Gasteiger charge is 2.16. The standard InChI is InChI=1S/C12H20N2O3/c1-8(2)5-9(3)17-7-11-10(12(15)16)6-13-14(11)4/h6,8-9H,5,7H2,1-4H3,(H,15,16). The van der Waals surface area contributed by atoms with Crippen molar-refractivity contribution in [3.05, 3.63) is 17.5 Å². The third-order valence-electron chi connectivity index (χ3n) is 2.60. The quantitative estimate of drug-likeness (QED) is 0.826. The number of ether oxygens (including phenoxy) is 1. The Morgan fingerprint density at radius 2 is 2.18 bits per heavy atom. The zero-order chi connectivity index (χ0) is 13.0. The molecule has 0 saturated heterocycles. The van der Waals surface area contributed by atoms with Crippen LogP contribution >= 0.6 is 0 Å². The lowest BCUT2D eigenvalue weighted by Gasteiger charge is -2.15. The number of aromatic nitrogens is 2. The van der Waals surface area contributed by atoms with Crippen LogP contribution in [-0.4, -0.2) is 27.0 Å². The van der Waals surface area contributed by atoms with Crippen LogP contribution in [0.25, 0.3) is 0 Å². The minimum atomic E-state index is -0.965. The van der Waals surface area contributed by atoms with Crippen molar-refractivity contribution >= 4 is 5.97 Å². The summed E-state index contributed by atoms with van der Waals surface area (Å²) >= 11 is 0. The lowest BCUT2D eigenvalue weighted by Crippen LogP contribution is -2.14. The van der Waals surface area contributed by atoms with Gasteiger partial charge in [0.25, 0.3) is 0 Å². The summed E-state index contributed by atoms with van der Waals surface area (Å²) in [6.45, 7) is 6.54. The van der Waals surface area contributed by atoms with Gasteiger partial charge in [-0.2, -0.15) is 5.10 Å². The van der Waals surface area contributed by atoms with Gasteiger partial charge in [0.2, 0.25) is 0 Å². The number of carboxylic acid groups (broad SMARTS) is 1. The molecular weight excluding hydrogens is 220 g/mol. The molecule has 0 spiro atoms. The lowest BCUT2D eigenvalue weighted by molar-refractivity contribution is 0.0350. The monoisotopic (exact) mass is 240 g/mol. The molecule has 0 aliphatic heterocycles. The molecular formula is C12H20N2O3. The van der Waals surface area contributed by atoms with E-state index in [9.17, 15) is 4.79 Å². The molecule has 96 valence electrons. The Balaban J connectivity index is 2.62. The highest BCUT2D eigenvalue weighted by atomic mass is 16.5. The molecule has 1 heterocycles. The predicted octanol–water partition coefficient (Wildman–Crippen LogP) is 2.07. The van der Waals surface area contributed by atoms with Crippen LogP contribution in [0.5, 0.6) is 0 Å². The molecule has 0 amide bonds. The first kappa shape index (κ1) is 13.7. The van der Waals surface area contributed by atoms with E-state index in [0.717, 1.165) is 6.42 Å². The smallest absolute Gasteiger partial charge is 0.339 e. The number of carboxylic acids is 1. The maximum atomic E-state index is 10.9. The van der Waals surface area contributed by atoms with E-state index in [1.54, 1.807) is 11.7 Å². The Labute approximate surface area is 101 Å². The van der Waals surface area contributed by atoms with Gasteiger partial charge in [-0.05, 0) is 19.3 Å². The second-order valence-electron chi connectivity index (χ2n) is 4.68. The maximum Gasteiger partial charge on any atom is 0.339 e. The first-order chi connectivity index (χ1) is 7.91. The van der Waals surface area contributed by atoms with Crippen molar-refractivity contribution in [1.82, 2.24) is 9.78 Å². The van der Waals surface area contributed by atoms with E-state index >= 15 is 0 Å². The Morgan fingerprint density at radius 1 is 1.53 bits per heavy atom. The van der Waals surface area contributed by atoms with E-state index in [-0.39, 0.29) is 18.3 Å². The SMILES string of the molecule is CC(C)CC(C)OCc1c(C(=O)O)cnn1C. The van der Waals surface area contributed by atoms with Gasteiger partial charge in [0.1, 0.15) is 5.56 Å². The molecule has 5 heteroatoms. The van der Waals surface area contributed by atoms with E-state index in [1.165, 1.54) is 6.20 Å². The minimum Gasteiger partial charge on any atom is -0.478 e. The van der Waals surface area contributed by atoms with Gasteiger partial charge < -0.3 is 9.84 Å². The van der Waals surface area contributed by atoms with Gasteiger partial charge in [-0.15, -0.1) is 0 Å². The molecule has 0 radical (unpaired) electrons. The molecule has 0 aromatic carbocycles. The van der Waals surface area contributed by atoms with Crippen molar-refractivity contribution in [2.75, 3.05) is 0 Å². The van der Waals surface area contributed by atoms with Gasteiger partial charge in [-0.25, -0.2) is 4.79 Å². The van der Waals surface area contributed by atoms with E-state index < -0.39 is 5.97 Å². The summed E-state index contributed by atoms with van der Waals surface area (Å²) in [6, 6.07) is 0. The first-order valence-electron chi connectivity index (χ1n) is 5.77. The number of aryl methyl sites for hydroxylation is 1. The van der Waals surface area contributed by atoms with Crippen LogP contribution in [0.3, 0.4) is 0 Å². The van der Waals surface area contributed by atoms with Crippen molar-refractivity contribution in [3.8, 4) is 0 Å². The molecule has 1 aromatic rings. The van der Waals surface area contributed by atoms with Crippen molar-refractivity contribution in [2.24, 2.45) is 13.0 Å². The van der Waals surface area contributed by atoms with Crippen LogP contribution in [-0.2, 0) is 18.4 Å². The second-order valence-corrected chi connectivity index (χ2v) is 4.68. The molecule has 1 rings (SSSR count). The van der Waals surface area contributed by atoms with Crippen LogP contribution < -0.4 is 0 Å². The molecule has 1 aromatic heterocycles. The van der Waals surface area contributed by atoms with Crippen LogP contribution in [0.1, 0.15) is 43.2 Å². The zero-order valence-corrected chi connectivity index (χ0v) is 10.8.